The Bertz CT molecular complexity index is 964. The Balaban J connectivity index is 1.16. The van der Waals surface area contributed by atoms with E-state index < -0.39 is 11.9 Å². The summed E-state index contributed by atoms with van der Waals surface area (Å²) < 4.78 is 36.9. The first-order valence-corrected chi connectivity index (χ1v) is 9.73. The van der Waals surface area contributed by atoms with Gasteiger partial charge in [0.2, 0.25) is 0 Å². The first-order chi connectivity index (χ1) is 14.3. The first-order valence-electron chi connectivity index (χ1n) is 9.35. The van der Waals surface area contributed by atoms with Gasteiger partial charge in [0.05, 0.1) is 11.6 Å². The van der Waals surface area contributed by atoms with Crippen LogP contribution in [0.5, 0.6) is 5.75 Å². The molecule has 0 atom stereocenters. The number of hydrogen-bond acceptors (Lipinski definition) is 4. The van der Waals surface area contributed by atoms with E-state index in [0.29, 0.717) is 25.0 Å². The van der Waals surface area contributed by atoms with E-state index >= 15 is 0 Å². The van der Waals surface area contributed by atoms with Gasteiger partial charge in [0.25, 0.3) is 5.91 Å². The van der Waals surface area contributed by atoms with Crippen molar-refractivity contribution < 1.29 is 27.8 Å². The lowest BCUT2D eigenvalue weighted by Crippen LogP contribution is -2.76. The molecule has 2 aromatic rings. The van der Waals surface area contributed by atoms with Crippen LogP contribution in [0.15, 0.2) is 42.5 Å². The first kappa shape index (κ1) is 20.4. The Morgan fingerprint density at radius 3 is 2.43 bits per heavy atom. The van der Waals surface area contributed by atoms with E-state index in [1.807, 2.05) is 0 Å². The lowest BCUT2D eigenvalue weighted by atomic mass is 9.39. The average molecular weight is 437 g/mol. The lowest BCUT2D eigenvalue weighted by molar-refractivity contribution is -0.183. The number of ether oxygens (including phenoxy) is 2. The van der Waals surface area contributed by atoms with Gasteiger partial charge >= 0.3 is 6.09 Å². The third-order valence-electron chi connectivity index (χ3n) is 5.40. The lowest BCUT2D eigenvalue weighted by Gasteiger charge is -2.70. The van der Waals surface area contributed by atoms with Crippen molar-refractivity contribution in [2.45, 2.75) is 24.8 Å². The van der Waals surface area contributed by atoms with E-state index in [1.54, 1.807) is 0 Å². The molecule has 2 aromatic carbocycles. The van der Waals surface area contributed by atoms with Gasteiger partial charge in [0.1, 0.15) is 17.4 Å². The minimum atomic E-state index is -0.674. The van der Waals surface area contributed by atoms with Crippen molar-refractivity contribution in [1.82, 2.24) is 5.32 Å². The van der Waals surface area contributed by atoms with Crippen LogP contribution in [-0.2, 0) is 9.53 Å². The van der Waals surface area contributed by atoms with E-state index in [2.05, 4.69) is 10.6 Å². The summed E-state index contributed by atoms with van der Waals surface area (Å²) in [5, 5.41) is 5.38. The molecule has 0 spiro atoms. The summed E-state index contributed by atoms with van der Waals surface area (Å²) in [6.45, 7) is 0.0650. The molecule has 6 nitrogen and oxygen atoms in total. The number of benzene rings is 2. The molecule has 3 saturated carbocycles. The molecule has 30 heavy (non-hydrogen) atoms. The predicted molar refractivity (Wildman–Crippen MR) is 105 cm³/mol. The fraction of sp³-hybridized carbons (Fsp3) is 0.333. The smallest absolute Gasteiger partial charge is 0.411 e. The SMILES string of the molecule is O=C(COc1ccc(F)cc1)NC12CC(COC(=O)Nc3ccc(Cl)c(F)c3)(C1)C2. The number of carbonyl (C=O) groups is 2. The Morgan fingerprint density at radius 1 is 1.07 bits per heavy atom. The molecule has 2 N–H and O–H groups in total. The summed E-state index contributed by atoms with van der Waals surface area (Å²) in [4.78, 5) is 24.0. The molecular weight excluding hydrogens is 418 g/mol. The van der Waals surface area contributed by atoms with Crippen molar-refractivity contribution >= 4 is 29.3 Å². The second kappa shape index (κ2) is 7.75. The highest BCUT2D eigenvalue weighted by Gasteiger charge is 2.68. The zero-order valence-corrected chi connectivity index (χ0v) is 16.6. The number of amides is 2. The van der Waals surface area contributed by atoms with Crippen molar-refractivity contribution in [3.8, 4) is 5.75 Å². The molecule has 2 bridgehead atoms. The van der Waals surface area contributed by atoms with Gasteiger partial charge in [-0.15, -0.1) is 0 Å². The highest BCUT2D eigenvalue weighted by atomic mass is 35.5. The quantitative estimate of drug-likeness (QED) is 0.679. The summed E-state index contributed by atoms with van der Waals surface area (Å²) >= 11 is 5.61. The molecule has 0 saturated heterocycles. The summed E-state index contributed by atoms with van der Waals surface area (Å²) in [5.41, 5.74) is -0.153. The number of halogens is 3. The van der Waals surface area contributed by atoms with E-state index in [-0.39, 0.29) is 46.6 Å². The molecular formula is C21H19ClF2N2O4. The monoisotopic (exact) mass is 436 g/mol. The van der Waals surface area contributed by atoms with Crippen molar-refractivity contribution in [1.29, 1.82) is 0 Å². The van der Waals surface area contributed by atoms with Gasteiger partial charge in [0.15, 0.2) is 6.61 Å². The maximum Gasteiger partial charge on any atom is 0.411 e. The van der Waals surface area contributed by atoms with Crippen LogP contribution < -0.4 is 15.4 Å². The zero-order valence-electron chi connectivity index (χ0n) is 15.8. The fourth-order valence-corrected chi connectivity index (χ4v) is 4.36. The molecule has 3 fully saturated rings. The molecule has 0 aromatic heterocycles. The molecule has 3 aliphatic rings. The fourth-order valence-electron chi connectivity index (χ4n) is 4.24. The van der Waals surface area contributed by atoms with Crippen molar-refractivity contribution in [2.24, 2.45) is 5.41 Å². The van der Waals surface area contributed by atoms with E-state index in [0.717, 1.165) is 6.07 Å². The summed E-state index contributed by atoms with van der Waals surface area (Å²) in [5.74, 6) is -0.839. The van der Waals surface area contributed by atoms with Crippen LogP contribution in [0.2, 0.25) is 5.02 Å². The number of anilines is 1. The van der Waals surface area contributed by atoms with Gasteiger partial charge < -0.3 is 14.8 Å². The van der Waals surface area contributed by atoms with Crippen LogP contribution in [0.3, 0.4) is 0 Å². The van der Waals surface area contributed by atoms with E-state index in [1.165, 1.54) is 36.4 Å². The Kier molecular flexibility index (Phi) is 5.27. The Hall–Kier alpha value is -2.87. The van der Waals surface area contributed by atoms with Crippen molar-refractivity contribution in [2.75, 3.05) is 18.5 Å². The minimum Gasteiger partial charge on any atom is -0.484 e. The number of rotatable bonds is 7. The maximum absolute atomic E-state index is 13.4. The second-order valence-electron chi connectivity index (χ2n) is 7.93. The summed E-state index contributed by atoms with van der Waals surface area (Å²) in [6, 6.07) is 9.38. The molecule has 5 rings (SSSR count). The van der Waals surface area contributed by atoms with Gasteiger partial charge in [-0.3, -0.25) is 10.1 Å². The number of hydrogen-bond donors (Lipinski definition) is 2. The van der Waals surface area contributed by atoms with Gasteiger partial charge in [0, 0.05) is 16.6 Å². The molecule has 9 heteroatoms. The third-order valence-corrected chi connectivity index (χ3v) is 5.71. The van der Waals surface area contributed by atoms with Gasteiger partial charge in [-0.25, -0.2) is 13.6 Å². The highest BCUT2D eigenvalue weighted by Crippen LogP contribution is 2.67. The maximum atomic E-state index is 13.4. The largest absolute Gasteiger partial charge is 0.484 e. The molecule has 3 aliphatic carbocycles. The number of nitrogens with one attached hydrogen (secondary N) is 2. The van der Waals surface area contributed by atoms with E-state index in [9.17, 15) is 18.4 Å². The Morgan fingerprint density at radius 2 is 1.77 bits per heavy atom. The topological polar surface area (TPSA) is 76.7 Å². The molecule has 0 heterocycles. The second-order valence-corrected chi connectivity index (χ2v) is 8.34. The zero-order chi connectivity index (χ0) is 21.4. The molecule has 0 radical (unpaired) electrons. The van der Waals surface area contributed by atoms with Crippen LogP contribution in [0.25, 0.3) is 0 Å². The van der Waals surface area contributed by atoms with Crippen LogP contribution >= 0.6 is 11.6 Å². The standard InChI is InChI=1S/C21H19ClF2N2O4/c22-16-6-3-14(7-17(16)24)25-19(28)30-12-20-9-21(10-20,11-20)26-18(27)8-29-15-4-1-13(23)2-5-15/h1-7H,8-12H2,(H,25,28)(H,26,27). The van der Waals surface area contributed by atoms with Crippen LogP contribution in [0.4, 0.5) is 19.3 Å². The van der Waals surface area contributed by atoms with Crippen molar-refractivity contribution in [3.63, 3.8) is 0 Å². The van der Waals surface area contributed by atoms with Gasteiger partial charge in [-0.1, -0.05) is 11.6 Å². The molecule has 0 unspecified atom stereocenters. The molecule has 158 valence electrons. The Labute approximate surface area is 176 Å². The van der Waals surface area contributed by atoms with Gasteiger partial charge in [-0.2, -0.15) is 0 Å². The van der Waals surface area contributed by atoms with Crippen LogP contribution in [-0.4, -0.2) is 30.8 Å². The summed E-state index contributed by atoms with van der Waals surface area (Å²) in [6.07, 6.45) is 1.47. The third kappa shape index (κ3) is 4.33. The molecule has 0 aliphatic heterocycles. The van der Waals surface area contributed by atoms with E-state index in [4.69, 9.17) is 21.1 Å². The minimum absolute atomic E-state index is 0.0294. The highest BCUT2D eigenvalue weighted by molar-refractivity contribution is 6.30. The number of carbonyl (C=O) groups excluding carboxylic acids is 2. The van der Waals surface area contributed by atoms with Crippen LogP contribution in [0.1, 0.15) is 19.3 Å². The van der Waals surface area contributed by atoms with Crippen LogP contribution in [0, 0.1) is 17.0 Å². The predicted octanol–water partition coefficient (Wildman–Crippen LogP) is 4.28. The average Bonchev–Trinajstić information content (AvgIpc) is 2.65. The summed E-state index contributed by atoms with van der Waals surface area (Å²) in [7, 11) is 0. The van der Waals surface area contributed by atoms with Gasteiger partial charge in [-0.05, 0) is 61.7 Å². The molecule has 2 amide bonds. The van der Waals surface area contributed by atoms with Crippen molar-refractivity contribution in [3.05, 3.63) is 59.1 Å². The normalized spacial score (nSPS) is 23.6.